The van der Waals surface area contributed by atoms with Crippen LogP contribution >= 0.6 is 0 Å². The lowest BCUT2D eigenvalue weighted by atomic mass is 9.77. The summed E-state index contributed by atoms with van der Waals surface area (Å²) in [7, 11) is 0. The minimum absolute atomic E-state index is 0.0855. The molecule has 0 aromatic rings. The summed E-state index contributed by atoms with van der Waals surface area (Å²) in [5.41, 5.74) is -0.0855. The van der Waals surface area contributed by atoms with E-state index in [1.54, 1.807) is 0 Å². The maximum absolute atomic E-state index is 11.9. The summed E-state index contributed by atoms with van der Waals surface area (Å²) >= 11 is 0. The van der Waals surface area contributed by atoms with Crippen molar-refractivity contribution in [2.24, 2.45) is 5.41 Å². The fourth-order valence-corrected chi connectivity index (χ4v) is 2.09. The van der Waals surface area contributed by atoms with Crippen molar-refractivity contribution in [3.05, 3.63) is 0 Å². The van der Waals surface area contributed by atoms with Crippen LogP contribution in [0.25, 0.3) is 0 Å². The van der Waals surface area contributed by atoms with Gasteiger partial charge in [-0.3, -0.25) is 4.79 Å². The minimum Gasteiger partial charge on any atom is -0.394 e. The van der Waals surface area contributed by atoms with Gasteiger partial charge in [0.2, 0.25) is 5.91 Å². The highest BCUT2D eigenvalue weighted by Crippen LogP contribution is 2.30. The van der Waals surface area contributed by atoms with Crippen molar-refractivity contribution in [2.75, 3.05) is 19.8 Å². The Balaban J connectivity index is 2.58. The van der Waals surface area contributed by atoms with E-state index < -0.39 is 6.04 Å². The van der Waals surface area contributed by atoms with Crippen LogP contribution in [0.4, 0.5) is 0 Å². The summed E-state index contributed by atoms with van der Waals surface area (Å²) in [4.78, 5) is 11.9. The molecule has 0 aromatic heterocycles. The van der Waals surface area contributed by atoms with E-state index in [0.29, 0.717) is 0 Å². The second-order valence-corrected chi connectivity index (χ2v) is 5.05. The molecule has 94 valence electrons. The van der Waals surface area contributed by atoms with E-state index in [9.17, 15) is 4.79 Å². The number of carbonyl (C=O) groups is 1. The van der Waals surface area contributed by atoms with E-state index in [-0.39, 0.29) is 30.6 Å². The highest BCUT2D eigenvalue weighted by atomic mass is 16.3. The monoisotopic (exact) mass is 230 g/mol. The number of hydrogen-bond acceptors (Lipinski definition) is 4. The van der Waals surface area contributed by atoms with Gasteiger partial charge in [0.15, 0.2) is 0 Å². The first-order valence-corrected chi connectivity index (χ1v) is 5.76. The molecule has 0 bridgehead atoms. The largest absolute Gasteiger partial charge is 0.394 e. The summed E-state index contributed by atoms with van der Waals surface area (Å²) in [5.74, 6) is -0.141. The van der Waals surface area contributed by atoms with Gasteiger partial charge in [-0.05, 0) is 24.8 Å². The van der Waals surface area contributed by atoms with E-state index in [4.69, 9.17) is 10.2 Å². The zero-order valence-electron chi connectivity index (χ0n) is 9.99. The molecule has 1 aliphatic rings. The number of aliphatic hydroxyl groups excluding tert-OH is 2. The fraction of sp³-hybridized carbons (Fsp3) is 0.909. The second-order valence-electron chi connectivity index (χ2n) is 5.05. The molecule has 0 spiro atoms. The Morgan fingerprint density at radius 3 is 2.62 bits per heavy atom. The van der Waals surface area contributed by atoms with Gasteiger partial charge in [-0.1, -0.05) is 13.8 Å². The molecule has 0 radical (unpaired) electrons. The van der Waals surface area contributed by atoms with E-state index in [2.05, 4.69) is 24.5 Å². The lowest BCUT2D eigenvalue weighted by Crippen LogP contribution is -2.58. The molecule has 0 aliphatic carbocycles. The molecule has 0 aromatic carbocycles. The third kappa shape index (κ3) is 3.17. The van der Waals surface area contributed by atoms with Gasteiger partial charge in [0.1, 0.15) is 0 Å². The summed E-state index contributed by atoms with van der Waals surface area (Å²) in [6, 6.07) is -0.811. The summed E-state index contributed by atoms with van der Waals surface area (Å²) in [5, 5.41) is 23.6. The molecule has 1 amide bonds. The van der Waals surface area contributed by atoms with Gasteiger partial charge >= 0.3 is 0 Å². The van der Waals surface area contributed by atoms with E-state index >= 15 is 0 Å². The molecule has 1 rings (SSSR count). The van der Waals surface area contributed by atoms with Crippen LogP contribution < -0.4 is 10.6 Å². The topological polar surface area (TPSA) is 81.6 Å². The molecule has 1 atom stereocenters. The molecular formula is C11H22N2O3. The molecule has 0 saturated carbocycles. The maximum atomic E-state index is 11.9. The van der Waals surface area contributed by atoms with Crippen LogP contribution in [0.2, 0.25) is 0 Å². The molecule has 1 aliphatic heterocycles. The average molecular weight is 230 g/mol. The predicted octanol–water partition coefficient (Wildman–Crippen LogP) is -0.766. The van der Waals surface area contributed by atoms with Crippen molar-refractivity contribution in [3.8, 4) is 0 Å². The Labute approximate surface area is 96.2 Å². The van der Waals surface area contributed by atoms with Gasteiger partial charge in [0, 0.05) is 0 Å². The molecule has 16 heavy (non-hydrogen) atoms. The van der Waals surface area contributed by atoms with Crippen molar-refractivity contribution in [1.82, 2.24) is 10.6 Å². The van der Waals surface area contributed by atoms with Crippen LogP contribution in [-0.4, -0.2) is 48.0 Å². The molecule has 1 unspecified atom stereocenters. The molecule has 1 fully saturated rings. The van der Waals surface area contributed by atoms with Crippen molar-refractivity contribution in [2.45, 2.75) is 38.8 Å². The fourth-order valence-electron chi connectivity index (χ4n) is 2.09. The Hall–Kier alpha value is -0.650. The Kier molecular flexibility index (Phi) is 4.70. The zero-order chi connectivity index (χ0) is 12.2. The third-order valence-electron chi connectivity index (χ3n) is 3.18. The van der Waals surface area contributed by atoms with Gasteiger partial charge < -0.3 is 20.8 Å². The lowest BCUT2D eigenvalue weighted by molar-refractivity contribution is -0.128. The predicted molar refractivity (Wildman–Crippen MR) is 60.9 cm³/mol. The van der Waals surface area contributed by atoms with Crippen LogP contribution in [0.5, 0.6) is 0 Å². The van der Waals surface area contributed by atoms with Crippen LogP contribution in [0.1, 0.15) is 26.7 Å². The third-order valence-corrected chi connectivity index (χ3v) is 3.18. The van der Waals surface area contributed by atoms with E-state index in [1.165, 1.54) is 0 Å². The van der Waals surface area contributed by atoms with E-state index in [0.717, 1.165) is 19.4 Å². The number of carbonyl (C=O) groups excluding carboxylic acids is 1. The Morgan fingerprint density at radius 2 is 2.12 bits per heavy atom. The van der Waals surface area contributed by atoms with Gasteiger partial charge in [0.05, 0.1) is 25.3 Å². The van der Waals surface area contributed by atoms with Crippen molar-refractivity contribution in [1.29, 1.82) is 0 Å². The summed E-state index contributed by atoms with van der Waals surface area (Å²) < 4.78 is 0. The number of nitrogens with one attached hydrogen (secondary N) is 2. The second kappa shape index (κ2) is 5.61. The first kappa shape index (κ1) is 13.4. The van der Waals surface area contributed by atoms with Crippen molar-refractivity contribution in [3.63, 3.8) is 0 Å². The normalized spacial score (nSPS) is 24.4. The SMILES string of the molecule is CC1(C)CCCNC1C(=O)NC(CO)CO. The zero-order valence-corrected chi connectivity index (χ0v) is 9.99. The minimum atomic E-state index is -0.563. The van der Waals surface area contributed by atoms with Gasteiger partial charge in [-0.25, -0.2) is 0 Å². The number of aliphatic hydroxyl groups is 2. The van der Waals surface area contributed by atoms with E-state index in [1.807, 2.05) is 0 Å². The molecular weight excluding hydrogens is 208 g/mol. The molecule has 5 nitrogen and oxygen atoms in total. The summed E-state index contributed by atoms with van der Waals surface area (Å²) in [6.45, 7) is 4.46. The highest BCUT2D eigenvalue weighted by Gasteiger charge is 2.37. The van der Waals surface area contributed by atoms with Gasteiger partial charge in [-0.15, -0.1) is 0 Å². The van der Waals surface area contributed by atoms with Crippen LogP contribution in [0.15, 0.2) is 0 Å². The van der Waals surface area contributed by atoms with Crippen molar-refractivity contribution >= 4 is 5.91 Å². The molecule has 4 N–H and O–H groups in total. The maximum Gasteiger partial charge on any atom is 0.238 e. The molecule has 5 heteroatoms. The Morgan fingerprint density at radius 1 is 1.50 bits per heavy atom. The molecule has 1 saturated heterocycles. The number of rotatable bonds is 4. The standard InChI is InChI=1S/C11H22N2O3/c1-11(2)4-3-5-12-9(11)10(16)13-8(6-14)7-15/h8-9,12,14-15H,3-7H2,1-2H3,(H,13,16). The average Bonchev–Trinajstić information content (AvgIpc) is 2.24. The highest BCUT2D eigenvalue weighted by molar-refractivity contribution is 5.83. The van der Waals surface area contributed by atoms with Gasteiger partial charge in [-0.2, -0.15) is 0 Å². The first-order valence-electron chi connectivity index (χ1n) is 5.76. The first-order chi connectivity index (χ1) is 7.51. The van der Waals surface area contributed by atoms with Crippen molar-refractivity contribution < 1.29 is 15.0 Å². The number of amides is 1. The number of piperidine rings is 1. The van der Waals surface area contributed by atoms with Crippen LogP contribution in [-0.2, 0) is 4.79 Å². The Bertz CT molecular complexity index is 239. The summed E-state index contributed by atoms with van der Waals surface area (Å²) in [6.07, 6.45) is 2.07. The smallest absolute Gasteiger partial charge is 0.238 e. The lowest BCUT2D eigenvalue weighted by Gasteiger charge is -2.38. The van der Waals surface area contributed by atoms with Crippen LogP contribution in [0.3, 0.4) is 0 Å². The number of hydrogen-bond donors (Lipinski definition) is 4. The van der Waals surface area contributed by atoms with Crippen LogP contribution in [0, 0.1) is 5.41 Å². The molecule has 1 heterocycles. The van der Waals surface area contributed by atoms with Gasteiger partial charge in [0.25, 0.3) is 0 Å². The quantitative estimate of drug-likeness (QED) is 0.511.